The number of carbonyl (C=O) groups is 2. The summed E-state index contributed by atoms with van der Waals surface area (Å²) >= 11 is 1.27. The second kappa shape index (κ2) is 8.36. The quantitative estimate of drug-likeness (QED) is 0.574. The van der Waals surface area contributed by atoms with Gasteiger partial charge in [-0.05, 0) is 47.0 Å². The number of rotatable bonds is 6. The van der Waals surface area contributed by atoms with E-state index in [4.69, 9.17) is 5.11 Å². The minimum Gasteiger partial charge on any atom is -0.478 e. The van der Waals surface area contributed by atoms with Crippen molar-refractivity contribution < 1.29 is 32.6 Å². The van der Waals surface area contributed by atoms with E-state index in [1.54, 1.807) is 23.6 Å². The number of ether oxygens (including phenoxy) is 1. The summed E-state index contributed by atoms with van der Waals surface area (Å²) in [6.07, 6.45) is -4.73. The van der Waals surface area contributed by atoms with Crippen molar-refractivity contribution in [3.05, 3.63) is 71.1 Å². The van der Waals surface area contributed by atoms with Crippen molar-refractivity contribution in [2.45, 2.75) is 12.8 Å². The van der Waals surface area contributed by atoms with Gasteiger partial charge >= 0.3 is 12.3 Å². The topological polar surface area (TPSA) is 75.6 Å². The molecule has 3 aromatic rings. The summed E-state index contributed by atoms with van der Waals surface area (Å²) in [5.74, 6) is -1.69. The molecule has 29 heavy (non-hydrogen) atoms. The maximum absolute atomic E-state index is 12.2. The van der Waals surface area contributed by atoms with E-state index in [0.717, 1.165) is 5.56 Å². The number of hydrogen-bond donors (Lipinski definition) is 2. The second-order valence-corrected chi connectivity index (χ2v) is 6.91. The van der Waals surface area contributed by atoms with Crippen molar-refractivity contribution in [3.63, 3.8) is 0 Å². The molecule has 0 unspecified atom stereocenters. The van der Waals surface area contributed by atoms with E-state index in [1.165, 1.54) is 47.7 Å². The van der Waals surface area contributed by atoms with Crippen LogP contribution in [0.5, 0.6) is 5.75 Å². The summed E-state index contributed by atoms with van der Waals surface area (Å²) in [6, 6.07) is 13.2. The molecule has 3 rings (SSSR count). The summed E-state index contributed by atoms with van der Waals surface area (Å²) in [5.41, 5.74) is 2.08. The highest BCUT2D eigenvalue weighted by molar-refractivity contribution is 7.14. The smallest absolute Gasteiger partial charge is 0.478 e. The number of alkyl halides is 3. The van der Waals surface area contributed by atoms with E-state index in [9.17, 15) is 22.8 Å². The molecule has 0 fully saturated rings. The fourth-order valence-corrected chi connectivity index (χ4v) is 3.41. The van der Waals surface area contributed by atoms with Gasteiger partial charge in [-0.3, -0.25) is 4.79 Å². The van der Waals surface area contributed by atoms with Crippen LogP contribution < -0.4 is 10.1 Å². The third kappa shape index (κ3) is 5.82. The Bertz CT molecular complexity index is 1030. The van der Waals surface area contributed by atoms with Crippen molar-refractivity contribution in [2.75, 3.05) is 5.32 Å². The molecule has 0 aliphatic heterocycles. The van der Waals surface area contributed by atoms with Gasteiger partial charge in [-0.2, -0.15) is 0 Å². The summed E-state index contributed by atoms with van der Waals surface area (Å²) < 4.78 is 40.5. The number of anilines is 1. The van der Waals surface area contributed by atoms with Gasteiger partial charge in [-0.25, -0.2) is 4.79 Å². The zero-order chi connectivity index (χ0) is 21.0. The second-order valence-electron chi connectivity index (χ2n) is 6.00. The molecule has 0 atom stereocenters. The Morgan fingerprint density at radius 2 is 1.76 bits per heavy atom. The van der Waals surface area contributed by atoms with E-state index < -0.39 is 12.3 Å². The molecule has 0 spiro atoms. The molecule has 5 nitrogen and oxygen atoms in total. The lowest BCUT2D eigenvalue weighted by Gasteiger charge is -2.08. The van der Waals surface area contributed by atoms with Gasteiger partial charge in [0.15, 0.2) is 0 Å². The van der Waals surface area contributed by atoms with E-state index >= 15 is 0 Å². The lowest BCUT2D eigenvalue weighted by molar-refractivity contribution is -0.274. The summed E-state index contributed by atoms with van der Waals surface area (Å²) in [4.78, 5) is 23.2. The molecule has 0 aliphatic rings. The Morgan fingerprint density at radius 1 is 1.03 bits per heavy atom. The Morgan fingerprint density at radius 3 is 2.41 bits per heavy atom. The van der Waals surface area contributed by atoms with Crippen LogP contribution in [0.2, 0.25) is 0 Å². The minimum atomic E-state index is -4.74. The normalized spacial score (nSPS) is 11.1. The van der Waals surface area contributed by atoms with Crippen molar-refractivity contribution in [3.8, 4) is 16.9 Å². The van der Waals surface area contributed by atoms with Crippen LogP contribution in [0.1, 0.15) is 15.9 Å². The Labute approximate surface area is 167 Å². The molecule has 2 aromatic carbocycles. The van der Waals surface area contributed by atoms with Gasteiger partial charge in [-0.15, -0.1) is 24.5 Å². The molecule has 0 saturated heterocycles. The predicted octanol–water partition coefficient (Wildman–Crippen LogP) is 5.19. The van der Waals surface area contributed by atoms with Crippen LogP contribution in [0, 0.1) is 0 Å². The van der Waals surface area contributed by atoms with Gasteiger partial charge < -0.3 is 15.2 Å². The molecular weight excluding hydrogens is 407 g/mol. The Hall–Kier alpha value is -3.33. The molecule has 1 amide bonds. The van der Waals surface area contributed by atoms with Crippen LogP contribution in [0.4, 0.5) is 18.2 Å². The average Bonchev–Trinajstić information content (AvgIpc) is 3.09. The first-order chi connectivity index (χ1) is 13.7. The van der Waals surface area contributed by atoms with Crippen molar-refractivity contribution in [1.82, 2.24) is 0 Å². The first-order valence-corrected chi connectivity index (χ1v) is 9.14. The van der Waals surface area contributed by atoms with Crippen molar-refractivity contribution >= 4 is 28.2 Å². The van der Waals surface area contributed by atoms with E-state index in [0.29, 0.717) is 16.1 Å². The Balaban J connectivity index is 1.63. The van der Waals surface area contributed by atoms with Gasteiger partial charge in [0.25, 0.3) is 0 Å². The number of aromatic carboxylic acids is 1. The van der Waals surface area contributed by atoms with Crippen LogP contribution in [0.15, 0.2) is 60.0 Å². The fraction of sp³-hybridized carbons (Fsp3) is 0.100. The number of carboxylic acid groups (broad SMARTS) is 1. The number of carbonyl (C=O) groups excluding carboxylic acids is 1. The van der Waals surface area contributed by atoms with Crippen LogP contribution in [-0.2, 0) is 11.2 Å². The van der Waals surface area contributed by atoms with E-state index in [1.807, 2.05) is 0 Å². The number of halogens is 3. The van der Waals surface area contributed by atoms with Crippen LogP contribution >= 0.6 is 11.3 Å². The van der Waals surface area contributed by atoms with Crippen LogP contribution in [0.3, 0.4) is 0 Å². The molecule has 0 radical (unpaired) electrons. The van der Waals surface area contributed by atoms with Gasteiger partial charge in [0.2, 0.25) is 5.91 Å². The van der Waals surface area contributed by atoms with Gasteiger partial charge in [0.1, 0.15) is 5.75 Å². The highest BCUT2D eigenvalue weighted by Crippen LogP contribution is 2.31. The molecule has 2 N–H and O–H groups in total. The maximum Gasteiger partial charge on any atom is 0.573 e. The lowest BCUT2D eigenvalue weighted by atomic mass is 10.1. The highest BCUT2D eigenvalue weighted by Gasteiger charge is 2.30. The molecule has 150 valence electrons. The van der Waals surface area contributed by atoms with E-state index in [-0.39, 0.29) is 23.6 Å². The van der Waals surface area contributed by atoms with Crippen LogP contribution in [0.25, 0.3) is 11.1 Å². The first kappa shape index (κ1) is 20.4. The highest BCUT2D eigenvalue weighted by atomic mass is 32.1. The van der Waals surface area contributed by atoms with E-state index in [2.05, 4.69) is 10.1 Å². The standard InChI is InChI=1S/C20H14F3NO4S/c21-20(22,23)28-16-6-4-13(5-7-16)15-10-18(29-11-15)24-17(25)9-12-2-1-3-14(8-12)19(26)27/h1-8,10-11H,9H2,(H,24,25)(H,26,27). The molecule has 9 heteroatoms. The fourth-order valence-electron chi connectivity index (χ4n) is 2.58. The lowest BCUT2D eigenvalue weighted by Crippen LogP contribution is -2.16. The van der Waals surface area contributed by atoms with Crippen molar-refractivity contribution in [1.29, 1.82) is 0 Å². The third-order valence-corrected chi connectivity index (χ3v) is 4.67. The molecule has 0 aliphatic carbocycles. The maximum atomic E-state index is 12.2. The molecule has 0 bridgehead atoms. The largest absolute Gasteiger partial charge is 0.573 e. The summed E-state index contributed by atoms with van der Waals surface area (Å²) in [5, 5.41) is 14.1. The van der Waals surface area contributed by atoms with Gasteiger partial charge in [0, 0.05) is 5.38 Å². The summed E-state index contributed by atoms with van der Waals surface area (Å²) in [7, 11) is 0. The predicted molar refractivity (Wildman–Crippen MR) is 102 cm³/mol. The third-order valence-electron chi connectivity index (χ3n) is 3.82. The number of amides is 1. The van der Waals surface area contributed by atoms with Gasteiger partial charge in [-0.1, -0.05) is 24.3 Å². The monoisotopic (exact) mass is 421 g/mol. The number of hydrogen-bond acceptors (Lipinski definition) is 4. The van der Waals surface area contributed by atoms with Gasteiger partial charge in [0.05, 0.1) is 17.0 Å². The zero-order valence-electron chi connectivity index (χ0n) is 14.7. The summed E-state index contributed by atoms with van der Waals surface area (Å²) in [6.45, 7) is 0. The molecule has 1 heterocycles. The number of nitrogens with one attached hydrogen (secondary N) is 1. The molecule has 0 saturated carbocycles. The minimum absolute atomic E-state index is 0.0117. The number of carboxylic acids is 1. The van der Waals surface area contributed by atoms with Crippen molar-refractivity contribution in [2.24, 2.45) is 0 Å². The first-order valence-electron chi connectivity index (χ1n) is 8.26. The SMILES string of the molecule is O=C(Cc1cccc(C(=O)O)c1)Nc1cc(-c2ccc(OC(F)(F)F)cc2)cs1. The number of thiophene rings is 1. The van der Waals surface area contributed by atoms with Crippen LogP contribution in [-0.4, -0.2) is 23.3 Å². The molecular formula is C20H14F3NO4S. The zero-order valence-corrected chi connectivity index (χ0v) is 15.5. The average molecular weight is 421 g/mol. The Kier molecular flexibility index (Phi) is 5.88. The molecule has 1 aromatic heterocycles. The number of benzene rings is 2.